The molecule has 0 aliphatic carbocycles. The molecule has 36 heavy (non-hydrogen) atoms. The molecule has 0 aliphatic heterocycles. The summed E-state index contributed by atoms with van der Waals surface area (Å²) in [6, 6.07) is 10.1. The molecular formula is C27H36N4O5. The molecule has 1 amide bonds. The summed E-state index contributed by atoms with van der Waals surface area (Å²) in [5.74, 6) is 1.10. The van der Waals surface area contributed by atoms with Crippen LogP contribution in [0.5, 0.6) is 5.75 Å². The monoisotopic (exact) mass is 496 g/mol. The first-order valence-electron chi connectivity index (χ1n) is 12.2. The van der Waals surface area contributed by atoms with Gasteiger partial charge >= 0.3 is 0 Å². The lowest BCUT2D eigenvalue weighted by atomic mass is 10.0. The number of aryl methyl sites for hydroxylation is 3. The fourth-order valence-corrected chi connectivity index (χ4v) is 3.84. The molecule has 0 unspecified atom stereocenters. The lowest BCUT2D eigenvalue weighted by molar-refractivity contribution is -0.124. The van der Waals surface area contributed by atoms with Crippen molar-refractivity contribution in [3.05, 3.63) is 52.6 Å². The highest BCUT2D eigenvalue weighted by atomic mass is 16.5. The highest BCUT2D eigenvalue weighted by Crippen LogP contribution is 2.31. The summed E-state index contributed by atoms with van der Waals surface area (Å²) < 4.78 is 11.5. The summed E-state index contributed by atoms with van der Waals surface area (Å²) in [6.45, 7) is 9.44. The summed E-state index contributed by atoms with van der Waals surface area (Å²) >= 11 is 0. The lowest BCUT2D eigenvalue weighted by Gasteiger charge is -2.17. The number of carbonyl (C=O) groups is 1. The van der Waals surface area contributed by atoms with Crippen LogP contribution in [0.3, 0.4) is 0 Å². The Labute approximate surface area is 212 Å². The van der Waals surface area contributed by atoms with E-state index in [-0.39, 0.29) is 13.2 Å². The maximum absolute atomic E-state index is 11.2. The van der Waals surface area contributed by atoms with E-state index in [2.05, 4.69) is 53.4 Å². The normalized spacial score (nSPS) is 12.1. The van der Waals surface area contributed by atoms with Gasteiger partial charge in [0.15, 0.2) is 0 Å². The zero-order chi connectivity index (χ0) is 26.2. The highest BCUT2D eigenvalue weighted by molar-refractivity contribution is 5.76. The van der Waals surface area contributed by atoms with Crippen molar-refractivity contribution in [3.8, 4) is 28.6 Å². The van der Waals surface area contributed by atoms with Crippen molar-refractivity contribution in [1.82, 2.24) is 20.4 Å². The first-order chi connectivity index (χ1) is 17.2. The number of hydrogen-bond donors (Lipinski definition) is 3. The third-order valence-corrected chi connectivity index (χ3v) is 6.08. The van der Waals surface area contributed by atoms with Gasteiger partial charge in [0.05, 0.1) is 0 Å². The van der Waals surface area contributed by atoms with E-state index in [0.29, 0.717) is 23.9 Å². The number of nitrogens with zero attached hydrogens (tertiary/aromatic N) is 3. The molecular weight excluding hydrogens is 460 g/mol. The van der Waals surface area contributed by atoms with E-state index in [9.17, 15) is 9.90 Å². The van der Waals surface area contributed by atoms with E-state index in [4.69, 9.17) is 14.4 Å². The van der Waals surface area contributed by atoms with Crippen molar-refractivity contribution in [1.29, 1.82) is 0 Å². The Bertz CT molecular complexity index is 1180. The zero-order valence-corrected chi connectivity index (χ0v) is 21.7. The van der Waals surface area contributed by atoms with Crippen LogP contribution in [-0.4, -0.2) is 70.6 Å². The maximum Gasteiger partial charge on any atom is 0.258 e. The summed E-state index contributed by atoms with van der Waals surface area (Å²) in [5, 5.41) is 25.5. The second-order valence-corrected chi connectivity index (χ2v) is 8.96. The van der Waals surface area contributed by atoms with Crippen LogP contribution in [0, 0.1) is 13.8 Å². The SMILES string of the molecule is CCc1cc(-c2noc(-c3ccc(CN(C)CC)c(C)c3)n2)cc(C)c1OC[C@@H](O)CNC(=O)CO. The second-order valence-electron chi connectivity index (χ2n) is 8.96. The molecule has 1 atom stereocenters. The van der Waals surface area contributed by atoms with Gasteiger partial charge in [-0.3, -0.25) is 4.79 Å². The first-order valence-corrected chi connectivity index (χ1v) is 12.2. The standard InChI is InChI=1S/C27H36N4O5/c1-6-19-12-22(11-18(4)25(19)35-16-23(33)13-28-24(34)15-32)26-29-27(36-30-26)20-8-9-21(17(3)10-20)14-31(5)7-2/h8-12,23,32-33H,6-7,13-16H2,1-5H3,(H,28,34)/t23-/m0/s1. The summed E-state index contributed by atoms with van der Waals surface area (Å²) in [7, 11) is 2.10. The average molecular weight is 497 g/mol. The van der Waals surface area contributed by atoms with Crippen LogP contribution in [0.1, 0.15) is 36.1 Å². The fourth-order valence-electron chi connectivity index (χ4n) is 3.84. The van der Waals surface area contributed by atoms with Crippen molar-refractivity contribution in [2.75, 3.05) is 33.4 Å². The van der Waals surface area contributed by atoms with E-state index >= 15 is 0 Å². The van der Waals surface area contributed by atoms with Crippen molar-refractivity contribution >= 4 is 5.91 Å². The Morgan fingerprint density at radius 1 is 1.14 bits per heavy atom. The Kier molecular flexibility index (Phi) is 9.58. The van der Waals surface area contributed by atoms with Crippen LogP contribution in [0.25, 0.3) is 22.8 Å². The molecule has 3 N–H and O–H groups in total. The van der Waals surface area contributed by atoms with Gasteiger partial charge in [-0.05, 0) is 80.4 Å². The average Bonchev–Trinajstić information content (AvgIpc) is 3.37. The number of aliphatic hydroxyl groups is 2. The summed E-state index contributed by atoms with van der Waals surface area (Å²) in [6.07, 6.45) is -0.194. The van der Waals surface area contributed by atoms with E-state index in [1.54, 1.807) is 0 Å². The molecule has 194 valence electrons. The Morgan fingerprint density at radius 2 is 1.89 bits per heavy atom. The quantitative estimate of drug-likeness (QED) is 0.350. The smallest absolute Gasteiger partial charge is 0.258 e. The van der Waals surface area contributed by atoms with Gasteiger partial charge in [0, 0.05) is 24.2 Å². The third-order valence-electron chi connectivity index (χ3n) is 6.08. The van der Waals surface area contributed by atoms with E-state index in [1.165, 1.54) is 11.1 Å². The van der Waals surface area contributed by atoms with Gasteiger partial charge in [-0.25, -0.2) is 0 Å². The summed E-state index contributed by atoms with van der Waals surface area (Å²) in [4.78, 5) is 18.0. The Balaban J connectivity index is 1.75. The lowest BCUT2D eigenvalue weighted by Crippen LogP contribution is -2.36. The molecule has 0 saturated carbocycles. The van der Waals surface area contributed by atoms with E-state index < -0.39 is 18.6 Å². The van der Waals surface area contributed by atoms with Gasteiger partial charge in [0.25, 0.3) is 5.89 Å². The number of carbonyl (C=O) groups excluding carboxylic acids is 1. The van der Waals surface area contributed by atoms with Crippen LogP contribution in [0.15, 0.2) is 34.9 Å². The molecule has 0 spiro atoms. The van der Waals surface area contributed by atoms with Gasteiger partial charge in [0.1, 0.15) is 25.1 Å². The minimum Gasteiger partial charge on any atom is -0.490 e. The molecule has 3 aromatic rings. The second kappa shape index (κ2) is 12.6. The van der Waals surface area contributed by atoms with Crippen molar-refractivity contribution < 1.29 is 24.3 Å². The number of ether oxygens (including phenoxy) is 1. The molecule has 9 nitrogen and oxygen atoms in total. The molecule has 0 fully saturated rings. The predicted octanol–water partition coefficient (Wildman–Crippen LogP) is 2.88. The van der Waals surface area contributed by atoms with Crippen molar-refractivity contribution in [2.45, 2.75) is 46.8 Å². The van der Waals surface area contributed by atoms with Gasteiger partial charge in [0.2, 0.25) is 11.7 Å². The van der Waals surface area contributed by atoms with Gasteiger partial charge < -0.3 is 29.7 Å². The Morgan fingerprint density at radius 3 is 2.56 bits per heavy atom. The Hall–Kier alpha value is -3.27. The van der Waals surface area contributed by atoms with E-state index in [1.807, 2.05) is 32.0 Å². The molecule has 0 saturated heterocycles. The molecule has 0 aliphatic rings. The zero-order valence-electron chi connectivity index (χ0n) is 21.7. The first kappa shape index (κ1) is 27.3. The van der Waals surface area contributed by atoms with E-state index in [0.717, 1.165) is 35.3 Å². The van der Waals surface area contributed by atoms with Gasteiger partial charge in [-0.1, -0.05) is 25.1 Å². The molecule has 9 heteroatoms. The predicted molar refractivity (Wildman–Crippen MR) is 138 cm³/mol. The van der Waals surface area contributed by atoms with Gasteiger partial charge in [-0.15, -0.1) is 0 Å². The van der Waals surface area contributed by atoms with Crippen LogP contribution in [0.4, 0.5) is 0 Å². The van der Waals surface area contributed by atoms with Crippen LogP contribution >= 0.6 is 0 Å². The number of hydrogen-bond acceptors (Lipinski definition) is 8. The molecule has 0 bridgehead atoms. The maximum atomic E-state index is 11.2. The number of aliphatic hydroxyl groups excluding tert-OH is 2. The summed E-state index contributed by atoms with van der Waals surface area (Å²) in [5.41, 5.74) is 5.97. The largest absolute Gasteiger partial charge is 0.490 e. The number of benzene rings is 2. The molecule has 1 aromatic heterocycles. The van der Waals surface area contributed by atoms with Gasteiger partial charge in [-0.2, -0.15) is 4.98 Å². The molecule has 2 aromatic carbocycles. The number of nitrogens with one attached hydrogen (secondary N) is 1. The number of amides is 1. The minimum atomic E-state index is -0.902. The molecule has 0 radical (unpaired) electrons. The topological polar surface area (TPSA) is 121 Å². The minimum absolute atomic E-state index is 0.000618. The fraction of sp³-hybridized carbons (Fsp3) is 0.444. The van der Waals surface area contributed by atoms with Crippen LogP contribution in [-0.2, 0) is 17.8 Å². The van der Waals surface area contributed by atoms with Crippen molar-refractivity contribution in [2.24, 2.45) is 0 Å². The molecule has 1 heterocycles. The molecule has 3 rings (SSSR count). The van der Waals surface area contributed by atoms with Crippen LogP contribution < -0.4 is 10.1 Å². The number of aromatic nitrogens is 2. The third kappa shape index (κ3) is 6.90. The van der Waals surface area contributed by atoms with Crippen molar-refractivity contribution in [3.63, 3.8) is 0 Å². The van der Waals surface area contributed by atoms with Crippen LogP contribution in [0.2, 0.25) is 0 Å². The number of rotatable bonds is 12. The highest BCUT2D eigenvalue weighted by Gasteiger charge is 2.17.